The summed E-state index contributed by atoms with van der Waals surface area (Å²) in [7, 11) is 3.01. The molecule has 0 heterocycles. The van der Waals surface area contributed by atoms with Gasteiger partial charge in [0.1, 0.15) is 5.03 Å². The standard InChI is InChI=1S/C11H14N2OS2/c1-4-6-11(12-3)16-15-9-7-10(14)13-8-5-2/h2,4,6H,1,3,7-9H2,(H,13,14)/b11-6+. The molecular formula is C11H14N2OS2. The Labute approximate surface area is 104 Å². The third kappa shape index (κ3) is 8.21. The first-order valence-corrected chi connectivity index (χ1v) is 6.85. The first-order valence-electron chi connectivity index (χ1n) is 4.53. The molecule has 0 radical (unpaired) electrons. The second-order valence-electron chi connectivity index (χ2n) is 2.53. The van der Waals surface area contributed by atoms with Crippen LogP contribution in [0, 0.1) is 12.3 Å². The summed E-state index contributed by atoms with van der Waals surface area (Å²) < 4.78 is 0. The molecule has 16 heavy (non-hydrogen) atoms. The fourth-order valence-electron chi connectivity index (χ4n) is 0.682. The average Bonchev–Trinajstić information content (AvgIpc) is 2.30. The number of terminal acetylenes is 1. The van der Waals surface area contributed by atoms with Crippen LogP contribution in [0.5, 0.6) is 0 Å². The van der Waals surface area contributed by atoms with Gasteiger partial charge in [-0.15, -0.1) is 6.42 Å². The van der Waals surface area contributed by atoms with Gasteiger partial charge in [0.15, 0.2) is 0 Å². The Morgan fingerprint density at radius 2 is 2.38 bits per heavy atom. The van der Waals surface area contributed by atoms with Gasteiger partial charge in [0.05, 0.1) is 6.54 Å². The molecule has 0 aromatic heterocycles. The van der Waals surface area contributed by atoms with Crippen molar-refractivity contribution in [2.75, 3.05) is 12.3 Å². The van der Waals surface area contributed by atoms with E-state index in [4.69, 9.17) is 6.42 Å². The number of carbonyl (C=O) groups excluding carboxylic acids is 1. The fourth-order valence-corrected chi connectivity index (χ4v) is 2.55. The zero-order valence-electron chi connectivity index (χ0n) is 8.94. The van der Waals surface area contributed by atoms with E-state index < -0.39 is 0 Å². The molecule has 86 valence electrons. The molecule has 1 N–H and O–H groups in total. The van der Waals surface area contributed by atoms with Gasteiger partial charge in [-0.25, -0.2) is 0 Å². The van der Waals surface area contributed by atoms with Crippen molar-refractivity contribution in [3.8, 4) is 12.3 Å². The number of hydrogen-bond acceptors (Lipinski definition) is 4. The van der Waals surface area contributed by atoms with Crippen molar-refractivity contribution in [3.63, 3.8) is 0 Å². The zero-order chi connectivity index (χ0) is 12.2. The Balaban J connectivity index is 3.63. The summed E-state index contributed by atoms with van der Waals surface area (Å²) in [6.45, 7) is 7.29. The van der Waals surface area contributed by atoms with Crippen molar-refractivity contribution in [1.82, 2.24) is 5.32 Å². The van der Waals surface area contributed by atoms with Crippen molar-refractivity contribution in [1.29, 1.82) is 0 Å². The predicted octanol–water partition coefficient (Wildman–Crippen LogP) is 2.24. The van der Waals surface area contributed by atoms with E-state index in [9.17, 15) is 4.79 Å². The maximum atomic E-state index is 11.1. The number of allylic oxidation sites excluding steroid dienone is 2. The largest absolute Gasteiger partial charge is 0.345 e. The number of nitrogens with one attached hydrogen (secondary N) is 1. The first-order chi connectivity index (χ1) is 7.74. The first kappa shape index (κ1) is 14.9. The molecule has 0 aliphatic rings. The Bertz CT molecular complexity index is 318. The molecule has 0 spiro atoms. The van der Waals surface area contributed by atoms with E-state index >= 15 is 0 Å². The van der Waals surface area contributed by atoms with Gasteiger partial charge in [-0.3, -0.25) is 9.79 Å². The molecule has 3 nitrogen and oxygen atoms in total. The summed E-state index contributed by atoms with van der Waals surface area (Å²) in [5.41, 5.74) is 0. The van der Waals surface area contributed by atoms with Gasteiger partial charge < -0.3 is 5.32 Å². The van der Waals surface area contributed by atoms with E-state index in [2.05, 4.69) is 29.5 Å². The lowest BCUT2D eigenvalue weighted by Gasteiger charge is -2.01. The van der Waals surface area contributed by atoms with Crippen molar-refractivity contribution in [3.05, 3.63) is 23.8 Å². The minimum Gasteiger partial charge on any atom is -0.345 e. The van der Waals surface area contributed by atoms with Gasteiger partial charge in [0, 0.05) is 12.2 Å². The molecule has 0 aromatic rings. The van der Waals surface area contributed by atoms with E-state index in [1.54, 1.807) is 22.9 Å². The molecule has 0 aromatic carbocycles. The Kier molecular flexibility index (Phi) is 9.67. The third-order valence-corrected chi connectivity index (χ3v) is 3.65. The predicted molar refractivity (Wildman–Crippen MR) is 74.3 cm³/mol. The summed E-state index contributed by atoms with van der Waals surface area (Å²) >= 11 is 0. The van der Waals surface area contributed by atoms with Crippen molar-refractivity contribution >= 4 is 34.2 Å². The van der Waals surface area contributed by atoms with Gasteiger partial charge in [-0.2, -0.15) is 0 Å². The summed E-state index contributed by atoms with van der Waals surface area (Å²) in [6.07, 6.45) is 8.87. The highest BCUT2D eigenvalue weighted by molar-refractivity contribution is 8.78. The van der Waals surface area contributed by atoms with Crippen LogP contribution >= 0.6 is 21.6 Å². The van der Waals surface area contributed by atoms with Gasteiger partial charge in [-0.05, 0) is 23.6 Å². The monoisotopic (exact) mass is 254 g/mol. The van der Waals surface area contributed by atoms with Crippen LogP contribution in [0.3, 0.4) is 0 Å². The number of hydrogen-bond donors (Lipinski definition) is 1. The summed E-state index contributed by atoms with van der Waals surface area (Å²) in [4.78, 5) is 14.9. The number of rotatable bonds is 8. The van der Waals surface area contributed by atoms with Crippen LogP contribution < -0.4 is 5.32 Å². The van der Waals surface area contributed by atoms with Gasteiger partial charge in [0.25, 0.3) is 0 Å². The molecule has 0 unspecified atom stereocenters. The van der Waals surface area contributed by atoms with Crippen molar-refractivity contribution < 1.29 is 4.79 Å². The highest BCUT2D eigenvalue weighted by Crippen LogP contribution is 2.30. The molecule has 5 heteroatoms. The molecule has 0 aliphatic heterocycles. The average molecular weight is 254 g/mol. The lowest BCUT2D eigenvalue weighted by Crippen LogP contribution is -2.23. The van der Waals surface area contributed by atoms with Crippen LogP contribution in [0.2, 0.25) is 0 Å². The fraction of sp³-hybridized carbons (Fsp3) is 0.273. The van der Waals surface area contributed by atoms with Crippen molar-refractivity contribution in [2.24, 2.45) is 4.99 Å². The normalized spacial score (nSPS) is 10.3. The van der Waals surface area contributed by atoms with Crippen LogP contribution in [0.1, 0.15) is 6.42 Å². The smallest absolute Gasteiger partial charge is 0.221 e. The number of nitrogens with zero attached hydrogens (tertiary/aromatic N) is 1. The summed E-state index contributed by atoms with van der Waals surface area (Å²) in [5, 5.41) is 3.38. The lowest BCUT2D eigenvalue weighted by atomic mass is 10.4. The number of aliphatic imine (C=N–C) groups is 1. The molecule has 0 fully saturated rings. The molecule has 0 aliphatic carbocycles. The van der Waals surface area contributed by atoms with Gasteiger partial charge in [0.2, 0.25) is 5.91 Å². The van der Waals surface area contributed by atoms with E-state index in [0.717, 1.165) is 5.03 Å². The minimum absolute atomic E-state index is 0.0353. The van der Waals surface area contributed by atoms with Crippen LogP contribution in [-0.2, 0) is 4.79 Å². The van der Waals surface area contributed by atoms with Crippen molar-refractivity contribution in [2.45, 2.75) is 6.42 Å². The summed E-state index contributed by atoms with van der Waals surface area (Å²) in [5.74, 6) is 3.01. The van der Waals surface area contributed by atoms with E-state index in [0.29, 0.717) is 12.2 Å². The number of carbonyl (C=O) groups is 1. The zero-order valence-corrected chi connectivity index (χ0v) is 10.6. The van der Waals surface area contributed by atoms with Gasteiger partial charge in [-0.1, -0.05) is 29.4 Å². The van der Waals surface area contributed by atoms with Gasteiger partial charge >= 0.3 is 0 Å². The van der Waals surface area contributed by atoms with Crippen LogP contribution in [0.15, 0.2) is 28.8 Å². The second kappa shape index (κ2) is 10.4. The Morgan fingerprint density at radius 1 is 1.62 bits per heavy atom. The summed E-state index contributed by atoms with van der Waals surface area (Å²) in [6, 6.07) is 0. The topological polar surface area (TPSA) is 41.5 Å². The maximum absolute atomic E-state index is 11.1. The van der Waals surface area contributed by atoms with E-state index in [1.807, 2.05) is 0 Å². The maximum Gasteiger partial charge on any atom is 0.221 e. The van der Waals surface area contributed by atoms with Crippen LogP contribution in [0.25, 0.3) is 0 Å². The molecule has 1 amide bonds. The quantitative estimate of drug-likeness (QED) is 0.237. The lowest BCUT2D eigenvalue weighted by molar-refractivity contribution is -0.120. The van der Waals surface area contributed by atoms with Crippen LogP contribution in [0.4, 0.5) is 0 Å². The highest BCUT2D eigenvalue weighted by Gasteiger charge is 2.00. The molecule has 0 saturated heterocycles. The molecule has 0 atom stereocenters. The molecule has 0 saturated carbocycles. The third-order valence-electron chi connectivity index (χ3n) is 1.36. The van der Waals surface area contributed by atoms with E-state index in [-0.39, 0.29) is 12.5 Å². The highest BCUT2D eigenvalue weighted by atomic mass is 33.1. The molecule has 0 bridgehead atoms. The number of amides is 1. The molecular weight excluding hydrogens is 240 g/mol. The second-order valence-corrected chi connectivity index (χ2v) is 4.97. The minimum atomic E-state index is -0.0353. The Morgan fingerprint density at radius 3 is 2.94 bits per heavy atom. The Hall–Kier alpha value is -1.12. The van der Waals surface area contributed by atoms with Crippen LogP contribution in [-0.4, -0.2) is 24.9 Å². The van der Waals surface area contributed by atoms with E-state index in [1.165, 1.54) is 10.8 Å². The molecule has 0 rings (SSSR count). The SMILES string of the molecule is C#CCNC(=O)CCSS/C(=C/C=C)N=C.